The highest BCUT2D eigenvalue weighted by molar-refractivity contribution is 6.33. The molecule has 0 radical (unpaired) electrons. The van der Waals surface area contributed by atoms with E-state index in [1.807, 2.05) is 36.4 Å². The number of aliphatic carboxylic acids is 1. The van der Waals surface area contributed by atoms with Crippen LogP contribution in [0, 0.1) is 0 Å². The molecular formula is C22H16ClNO3. The summed E-state index contributed by atoms with van der Waals surface area (Å²) in [6.07, 6.45) is 1.42. The monoisotopic (exact) mass is 377 g/mol. The Kier molecular flexibility index (Phi) is 5.69. The highest BCUT2D eigenvalue weighted by atomic mass is 35.5. The van der Waals surface area contributed by atoms with Crippen LogP contribution in [0.2, 0.25) is 5.02 Å². The normalized spacial score (nSPS) is 11.1. The second-order valence-electron chi connectivity index (χ2n) is 5.79. The molecule has 0 spiro atoms. The Morgan fingerprint density at radius 1 is 0.852 bits per heavy atom. The van der Waals surface area contributed by atoms with Crippen LogP contribution in [0.15, 0.2) is 84.6 Å². The molecule has 0 saturated carbocycles. The van der Waals surface area contributed by atoms with Gasteiger partial charge in [-0.2, -0.15) is 0 Å². The Bertz CT molecular complexity index is 996. The van der Waals surface area contributed by atoms with Crippen LogP contribution in [0.5, 0.6) is 0 Å². The molecule has 3 rings (SSSR count). The van der Waals surface area contributed by atoms with Crippen LogP contribution in [0.3, 0.4) is 0 Å². The molecule has 0 bridgehead atoms. The molecule has 0 unspecified atom stereocenters. The van der Waals surface area contributed by atoms with Gasteiger partial charge < -0.3 is 10.4 Å². The molecule has 2 N–H and O–H groups in total. The number of carbonyl (C=O) groups is 2. The van der Waals surface area contributed by atoms with Crippen molar-refractivity contribution in [2.45, 2.75) is 0 Å². The molecule has 0 aliphatic rings. The first-order valence-electron chi connectivity index (χ1n) is 8.21. The lowest BCUT2D eigenvalue weighted by molar-refractivity contribution is -0.132. The third kappa shape index (κ3) is 4.63. The number of amides is 1. The lowest BCUT2D eigenvalue weighted by Crippen LogP contribution is -2.27. The van der Waals surface area contributed by atoms with Gasteiger partial charge in [0, 0.05) is 16.1 Å². The zero-order chi connectivity index (χ0) is 19.2. The predicted octanol–water partition coefficient (Wildman–Crippen LogP) is 4.86. The van der Waals surface area contributed by atoms with Crippen molar-refractivity contribution in [2.75, 3.05) is 0 Å². The van der Waals surface area contributed by atoms with E-state index in [1.165, 1.54) is 6.08 Å². The number of carbonyl (C=O) groups excluding carboxylic acids is 1. The molecule has 0 atom stereocenters. The van der Waals surface area contributed by atoms with E-state index in [9.17, 15) is 14.7 Å². The number of nitrogens with one attached hydrogen (secondary N) is 1. The van der Waals surface area contributed by atoms with Gasteiger partial charge in [0.15, 0.2) is 0 Å². The third-order valence-electron chi connectivity index (χ3n) is 3.92. The Balaban J connectivity index is 1.83. The fraction of sp³-hybridized carbons (Fsp3) is 0. The van der Waals surface area contributed by atoms with Crippen molar-refractivity contribution in [1.82, 2.24) is 5.32 Å². The van der Waals surface area contributed by atoms with E-state index in [4.69, 9.17) is 11.6 Å². The van der Waals surface area contributed by atoms with Gasteiger partial charge in [-0.1, -0.05) is 72.3 Å². The second kappa shape index (κ2) is 8.34. The van der Waals surface area contributed by atoms with Gasteiger partial charge in [0.25, 0.3) is 5.91 Å². The lowest BCUT2D eigenvalue weighted by Gasteiger charge is -2.07. The Labute approximate surface area is 161 Å². The Morgan fingerprint density at radius 3 is 2.11 bits per heavy atom. The maximum absolute atomic E-state index is 12.2. The van der Waals surface area contributed by atoms with Crippen LogP contribution in [0.25, 0.3) is 17.2 Å². The quantitative estimate of drug-likeness (QED) is 0.624. The second-order valence-corrected chi connectivity index (χ2v) is 6.19. The van der Waals surface area contributed by atoms with Crippen molar-refractivity contribution >= 4 is 29.6 Å². The molecule has 27 heavy (non-hydrogen) atoms. The Hall–Kier alpha value is -3.37. The molecule has 1 amide bonds. The smallest absolute Gasteiger partial charge is 0.352 e. The molecule has 4 nitrogen and oxygen atoms in total. The van der Waals surface area contributed by atoms with E-state index in [-0.39, 0.29) is 5.70 Å². The van der Waals surface area contributed by atoms with Crippen molar-refractivity contribution in [1.29, 1.82) is 0 Å². The van der Waals surface area contributed by atoms with Gasteiger partial charge in [-0.15, -0.1) is 0 Å². The molecule has 0 fully saturated rings. The van der Waals surface area contributed by atoms with E-state index >= 15 is 0 Å². The Morgan fingerprint density at radius 2 is 1.48 bits per heavy atom. The van der Waals surface area contributed by atoms with Crippen LogP contribution < -0.4 is 5.32 Å². The van der Waals surface area contributed by atoms with Crippen LogP contribution in [0.4, 0.5) is 0 Å². The van der Waals surface area contributed by atoms with Crippen LogP contribution in [-0.4, -0.2) is 17.0 Å². The van der Waals surface area contributed by atoms with Gasteiger partial charge in [0.05, 0.1) is 0 Å². The number of benzene rings is 3. The average molecular weight is 378 g/mol. The summed E-state index contributed by atoms with van der Waals surface area (Å²) in [5.41, 5.74) is 2.65. The van der Waals surface area contributed by atoms with Crippen LogP contribution in [0.1, 0.15) is 15.9 Å². The number of carboxylic acids is 1. The maximum Gasteiger partial charge on any atom is 0.352 e. The SMILES string of the molecule is O=C(O)/C(=C\c1ccc(-c2ccccc2Cl)cc1)NC(=O)c1ccccc1. The standard InChI is InChI=1S/C22H16ClNO3/c23-19-9-5-4-8-18(19)16-12-10-15(11-13-16)14-20(22(26)27)24-21(25)17-6-2-1-3-7-17/h1-14H,(H,24,25)(H,26,27)/b20-14+. The van der Waals surface area contributed by atoms with Gasteiger partial charge in [-0.25, -0.2) is 4.79 Å². The molecule has 0 aliphatic heterocycles. The van der Waals surface area contributed by atoms with Crippen molar-refractivity contribution in [3.63, 3.8) is 0 Å². The fourth-order valence-corrected chi connectivity index (χ4v) is 2.80. The topological polar surface area (TPSA) is 66.4 Å². The summed E-state index contributed by atoms with van der Waals surface area (Å²) >= 11 is 6.20. The largest absolute Gasteiger partial charge is 0.477 e. The molecule has 5 heteroatoms. The molecule has 3 aromatic rings. The van der Waals surface area contributed by atoms with Gasteiger partial charge in [-0.05, 0) is 35.4 Å². The summed E-state index contributed by atoms with van der Waals surface area (Å²) in [5.74, 6) is -1.69. The molecule has 3 aromatic carbocycles. The lowest BCUT2D eigenvalue weighted by atomic mass is 10.0. The van der Waals surface area contributed by atoms with E-state index in [0.717, 1.165) is 11.1 Å². The third-order valence-corrected chi connectivity index (χ3v) is 4.25. The minimum absolute atomic E-state index is 0.200. The highest BCUT2D eigenvalue weighted by Crippen LogP contribution is 2.27. The summed E-state index contributed by atoms with van der Waals surface area (Å²) in [4.78, 5) is 23.7. The van der Waals surface area contributed by atoms with Crippen LogP contribution >= 0.6 is 11.6 Å². The minimum atomic E-state index is -1.21. The minimum Gasteiger partial charge on any atom is -0.477 e. The molecule has 0 heterocycles. The van der Waals surface area contributed by atoms with Crippen molar-refractivity contribution in [2.24, 2.45) is 0 Å². The van der Waals surface area contributed by atoms with Crippen molar-refractivity contribution in [3.05, 3.63) is 101 Å². The average Bonchev–Trinajstić information content (AvgIpc) is 2.69. The van der Waals surface area contributed by atoms with Gasteiger partial charge in [0.2, 0.25) is 0 Å². The maximum atomic E-state index is 12.2. The van der Waals surface area contributed by atoms with Gasteiger partial charge in [0.1, 0.15) is 5.70 Å². The van der Waals surface area contributed by atoms with Crippen molar-refractivity contribution in [3.8, 4) is 11.1 Å². The summed E-state index contributed by atoms with van der Waals surface area (Å²) in [7, 11) is 0. The van der Waals surface area contributed by atoms with E-state index in [2.05, 4.69) is 5.32 Å². The first kappa shape index (κ1) is 18.4. The number of hydrogen-bond donors (Lipinski definition) is 2. The number of halogens is 1. The molecule has 0 saturated heterocycles. The van der Waals surface area contributed by atoms with E-state index in [1.54, 1.807) is 42.5 Å². The molecular weight excluding hydrogens is 362 g/mol. The summed E-state index contributed by atoms with van der Waals surface area (Å²) in [6.45, 7) is 0. The van der Waals surface area contributed by atoms with Crippen molar-refractivity contribution < 1.29 is 14.7 Å². The highest BCUT2D eigenvalue weighted by Gasteiger charge is 2.13. The predicted molar refractivity (Wildman–Crippen MR) is 106 cm³/mol. The fourth-order valence-electron chi connectivity index (χ4n) is 2.56. The first-order valence-corrected chi connectivity index (χ1v) is 8.59. The molecule has 0 aliphatic carbocycles. The van der Waals surface area contributed by atoms with E-state index in [0.29, 0.717) is 16.1 Å². The molecule has 0 aromatic heterocycles. The number of rotatable bonds is 5. The molecule has 134 valence electrons. The summed E-state index contributed by atoms with van der Waals surface area (Å²) < 4.78 is 0. The van der Waals surface area contributed by atoms with E-state index < -0.39 is 11.9 Å². The van der Waals surface area contributed by atoms with Gasteiger partial charge >= 0.3 is 5.97 Å². The zero-order valence-corrected chi connectivity index (χ0v) is 15.0. The van der Waals surface area contributed by atoms with Crippen LogP contribution in [-0.2, 0) is 4.79 Å². The number of hydrogen-bond acceptors (Lipinski definition) is 2. The first-order chi connectivity index (χ1) is 13.0. The van der Waals surface area contributed by atoms with Gasteiger partial charge in [-0.3, -0.25) is 4.79 Å². The summed E-state index contributed by atoms with van der Waals surface area (Å²) in [5, 5.41) is 12.5. The number of carboxylic acid groups (broad SMARTS) is 1. The zero-order valence-electron chi connectivity index (χ0n) is 14.2. The summed E-state index contributed by atoms with van der Waals surface area (Å²) in [6, 6.07) is 23.2.